The van der Waals surface area contributed by atoms with E-state index in [4.69, 9.17) is 0 Å². The summed E-state index contributed by atoms with van der Waals surface area (Å²) in [6, 6.07) is 8.50. The highest BCUT2D eigenvalue weighted by molar-refractivity contribution is 9.25. The lowest BCUT2D eigenvalue weighted by Crippen LogP contribution is -2.01. The monoisotopic (exact) mass is 602 g/mol. The Kier molecular flexibility index (Phi) is 7.71. The summed E-state index contributed by atoms with van der Waals surface area (Å²) in [6.07, 6.45) is 0. The molecule has 2 unspecified atom stereocenters. The minimum atomic E-state index is 0.228. The molecule has 0 heterocycles. The lowest BCUT2D eigenvalue weighted by atomic mass is 10.1. The Morgan fingerprint density at radius 3 is 1.00 bits per heavy atom. The quantitative estimate of drug-likeness (QED) is 0.331. The average molecular weight is 608 g/mol. The number of halogens is 6. The maximum absolute atomic E-state index is 3.62. The minimum Gasteiger partial charge on any atom is -0.0817 e. The van der Waals surface area contributed by atoms with Crippen LogP contribution in [0.2, 0.25) is 0 Å². The second-order valence-corrected chi connectivity index (χ2v) is 11.5. The van der Waals surface area contributed by atoms with Gasteiger partial charge in [-0.2, -0.15) is 0 Å². The fourth-order valence-electron chi connectivity index (χ4n) is 1.15. The molecular formula is C10H8Br6. The van der Waals surface area contributed by atoms with Crippen LogP contribution in [0.1, 0.15) is 20.8 Å². The molecule has 0 bridgehead atoms. The smallest absolute Gasteiger partial charge is 0.0817 e. The molecule has 0 saturated heterocycles. The summed E-state index contributed by atoms with van der Waals surface area (Å²) in [5, 5.41) is 0. The maximum atomic E-state index is 3.62. The average Bonchev–Trinajstić information content (AvgIpc) is 2.27. The first-order chi connectivity index (χ1) is 7.43. The van der Waals surface area contributed by atoms with Gasteiger partial charge in [0.15, 0.2) is 0 Å². The van der Waals surface area contributed by atoms with Gasteiger partial charge in [-0.25, -0.2) is 0 Å². The second-order valence-electron chi connectivity index (χ2n) is 3.14. The van der Waals surface area contributed by atoms with Gasteiger partial charge in [-0.1, -0.05) is 120 Å². The van der Waals surface area contributed by atoms with Crippen molar-refractivity contribution in [3.8, 4) is 0 Å². The van der Waals surface area contributed by atoms with Crippen molar-refractivity contribution in [2.75, 3.05) is 0 Å². The van der Waals surface area contributed by atoms with E-state index in [1.165, 1.54) is 11.1 Å². The van der Waals surface area contributed by atoms with E-state index >= 15 is 0 Å². The summed E-state index contributed by atoms with van der Waals surface area (Å²) in [4.78, 5) is 0.526. The summed E-state index contributed by atoms with van der Waals surface area (Å²) in [5.41, 5.74) is 2.48. The molecule has 0 aliphatic rings. The number of alkyl halides is 6. The molecule has 0 radical (unpaired) electrons. The van der Waals surface area contributed by atoms with Gasteiger partial charge in [-0.15, -0.1) is 0 Å². The van der Waals surface area contributed by atoms with Gasteiger partial charge in [0, 0.05) is 0 Å². The molecule has 0 N–H and O–H groups in total. The van der Waals surface area contributed by atoms with Gasteiger partial charge in [-0.3, -0.25) is 0 Å². The van der Waals surface area contributed by atoms with E-state index in [-0.39, 0.29) is 17.1 Å². The van der Waals surface area contributed by atoms with Crippen LogP contribution in [0.4, 0.5) is 0 Å². The number of rotatable bonds is 4. The largest absolute Gasteiger partial charge is 0.0863 e. The summed E-state index contributed by atoms with van der Waals surface area (Å²) >= 11 is 21.2. The predicted molar refractivity (Wildman–Crippen MR) is 93.1 cm³/mol. The Bertz CT molecular complexity index is 288. The molecule has 0 aromatic heterocycles. The maximum Gasteiger partial charge on any atom is 0.0863 e. The van der Waals surface area contributed by atoms with Crippen LogP contribution in [0.25, 0.3) is 0 Å². The summed E-state index contributed by atoms with van der Waals surface area (Å²) < 4.78 is 0.455. The van der Waals surface area contributed by atoms with E-state index in [1.807, 2.05) is 0 Å². The normalized spacial score (nSPS) is 15.5. The Morgan fingerprint density at radius 2 is 0.812 bits per heavy atom. The molecule has 0 nitrogen and oxygen atoms in total. The predicted octanol–water partition coefficient (Wildman–Crippen LogP) is 6.79. The lowest BCUT2D eigenvalue weighted by Gasteiger charge is -2.15. The highest BCUT2D eigenvalue weighted by Crippen LogP contribution is 2.38. The third-order valence-electron chi connectivity index (χ3n) is 2.02. The standard InChI is InChI=1S/C10H8Br6/c11-7(9(13)14)5-1-2-6(4-3-5)8(12)10(15)16/h1-4,7-10H. The van der Waals surface area contributed by atoms with Crippen molar-refractivity contribution in [2.24, 2.45) is 0 Å². The highest BCUT2D eigenvalue weighted by atomic mass is 79.9. The first kappa shape index (κ1) is 16.2. The third kappa shape index (κ3) is 4.65. The molecule has 0 aliphatic carbocycles. The van der Waals surface area contributed by atoms with Gasteiger partial charge in [0.1, 0.15) is 0 Å². The second kappa shape index (κ2) is 7.63. The molecule has 0 amide bonds. The van der Waals surface area contributed by atoms with Crippen LogP contribution in [-0.4, -0.2) is 7.47 Å². The Balaban J connectivity index is 2.83. The first-order valence-electron chi connectivity index (χ1n) is 4.37. The Labute approximate surface area is 146 Å². The number of hydrogen-bond acceptors (Lipinski definition) is 0. The zero-order valence-electron chi connectivity index (χ0n) is 7.89. The number of benzene rings is 1. The molecule has 16 heavy (non-hydrogen) atoms. The zero-order valence-corrected chi connectivity index (χ0v) is 17.4. The van der Waals surface area contributed by atoms with E-state index in [1.54, 1.807) is 0 Å². The molecule has 6 heteroatoms. The SMILES string of the molecule is BrC(Br)C(Br)c1ccc(C(Br)C(Br)Br)cc1. The van der Waals surface area contributed by atoms with E-state index in [0.717, 1.165) is 0 Å². The summed E-state index contributed by atoms with van der Waals surface area (Å²) in [7, 11) is 0. The van der Waals surface area contributed by atoms with Crippen LogP contribution in [0, 0.1) is 0 Å². The van der Waals surface area contributed by atoms with Crippen LogP contribution in [-0.2, 0) is 0 Å². The van der Waals surface area contributed by atoms with Crippen molar-refractivity contribution >= 4 is 95.6 Å². The Morgan fingerprint density at radius 1 is 0.562 bits per heavy atom. The molecule has 90 valence electrons. The van der Waals surface area contributed by atoms with E-state index < -0.39 is 0 Å². The summed E-state index contributed by atoms with van der Waals surface area (Å²) in [5.74, 6) is 0. The topological polar surface area (TPSA) is 0 Å². The van der Waals surface area contributed by atoms with Crippen molar-refractivity contribution in [3.63, 3.8) is 0 Å². The van der Waals surface area contributed by atoms with E-state index in [2.05, 4.69) is 120 Å². The van der Waals surface area contributed by atoms with E-state index in [0.29, 0.717) is 0 Å². The lowest BCUT2D eigenvalue weighted by molar-refractivity contribution is 1.08. The van der Waals surface area contributed by atoms with Crippen molar-refractivity contribution in [1.82, 2.24) is 0 Å². The van der Waals surface area contributed by atoms with Gasteiger partial charge >= 0.3 is 0 Å². The highest BCUT2D eigenvalue weighted by Gasteiger charge is 2.17. The molecule has 0 fully saturated rings. The Hall–Kier alpha value is 2.10. The van der Waals surface area contributed by atoms with Crippen LogP contribution in [0.5, 0.6) is 0 Å². The van der Waals surface area contributed by atoms with Crippen LogP contribution in [0.3, 0.4) is 0 Å². The van der Waals surface area contributed by atoms with Crippen LogP contribution >= 0.6 is 95.6 Å². The van der Waals surface area contributed by atoms with Gasteiger partial charge in [0.2, 0.25) is 0 Å². The first-order valence-corrected chi connectivity index (χ1v) is 9.87. The molecule has 0 aliphatic heterocycles. The molecular weight excluding hydrogens is 600 g/mol. The van der Waals surface area contributed by atoms with Gasteiger partial charge < -0.3 is 0 Å². The fourth-order valence-corrected chi connectivity index (χ4v) is 2.99. The molecule has 1 aromatic carbocycles. The van der Waals surface area contributed by atoms with Crippen LogP contribution < -0.4 is 0 Å². The minimum absolute atomic E-state index is 0.228. The molecule has 2 atom stereocenters. The van der Waals surface area contributed by atoms with Gasteiger partial charge in [0.25, 0.3) is 0 Å². The van der Waals surface area contributed by atoms with Crippen molar-refractivity contribution < 1.29 is 0 Å². The third-order valence-corrected chi connectivity index (χ3v) is 9.08. The number of hydrogen-bond donors (Lipinski definition) is 0. The van der Waals surface area contributed by atoms with Crippen LogP contribution in [0.15, 0.2) is 24.3 Å². The molecule has 0 spiro atoms. The molecule has 1 aromatic rings. The zero-order chi connectivity index (χ0) is 12.3. The van der Waals surface area contributed by atoms with Crippen molar-refractivity contribution in [1.29, 1.82) is 0 Å². The van der Waals surface area contributed by atoms with E-state index in [9.17, 15) is 0 Å². The van der Waals surface area contributed by atoms with Crippen molar-refractivity contribution in [3.05, 3.63) is 35.4 Å². The molecule has 0 saturated carbocycles. The fraction of sp³-hybridized carbons (Fsp3) is 0.400. The van der Waals surface area contributed by atoms with Crippen molar-refractivity contribution in [2.45, 2.75) is 17.1 Å². The van der Waals surface area contributed by atoms with Gasteiger partial charge in [-0.05, 0) is 11.1 Å². The summed E-state index contributed by atoms with van der Waals surface area (Å²) in [6.45, 7) is 0. The molecule has 1 rings (SSSR count). The van der Waals surface area contributed by atoms with Gasteiger partial charge in [0.05, 0.1) is 17.1 Å².